The van der Waals surface area contributed by atoms with E-state index < -0.39 is 0 Å². The molecule has 1 amide bonds. The van der Waals surface area contributed by atoms with Crippen molar-refractivity contribution in [3.63, 3.8) is 0 Å². The number of carbonyl (C=O) groups is 1. The number of carbonyl (C=O) groups excluding carboxylic acids is 1. The number of hydrogen-bond donors (Lipinski definition) is 1. The highest BCUT2D eigenvalue weighted by Gasteiger charge is 2.22. The molecule has 0 spiro atoms. The van der Waals surface area contributed by atoms with Gasteiger partial charge >= 0.3 is 0 Å². The third-order valence-electron chi connectivity index (χ3n) is 3.75. The Kier molecular flexibility index (Phi) is 5.05. The van der Waals surface area contributed by atoms with Gasteiger partial charge in [0, 0.05) is 12.8 Å². The van der Waals surface area contributed by atoms with Crippen LogP contribution in [0.2, 0.25) is 0 Å². The van der Waals surface area contributed by atoms with E-state index in [1.807, 2.05) is 37.3 Å². The van der Waals surface area contributed by atoms with Crippen molar-refractivity contribution in [2.45, 2.75) is 32.2 Å². The second-order valence-electron chi connectivity index (χ2n) is 5.51. The minimum Gasteiger partial charge on any atom is -0.469 e. The van der Waals surface area contributed by atoms with Crippen molar-refractivity contribution in [2.75, 3.05) is 0 Å². The lowest BCUT2D eigenvalue weighted by molar-refractivity contribution is 0.0932. The van der Waals surface area contributed by atoms with Crippen LogP contribution in [0.15, 0.2) is 58.0 Å². The van der Waals surface area contributed by atoms with Crippen LogP contribution in [0.4, 0.5) is 0 Å². The highest BCUT2D eigenvalue weighted by molar-refractivity contribution is 5.95. The van der Waals surface area contributed by atoms with Crippen molar-refractivity contribution in [1.82, 2.24) is 15.5 Å². The Bertz CT molecular complexity index is 766. The zero-order valence-electron chi connectivity index (χ0n) is 13.4. The van der Waals surface area contributed by atoms with Gasteiger partial charge in [-0.3, -0.25) is 4.79 Å². The Hall–Kier alpha value is -2.89. The summed E-state index contributed by atoms with van der Waals surface area (Å²) in [6, 6.07) is 11.2. The Balaban J connectivity index is 1.79. The molecule has 1 atom stereocenters. The topological polar surface area (TPSA) is 81.2 Å². The van der Waals surface area contributed by atoms with Crippen LogP contribution < -0.4 is 5.32 Å². The maximum atomic E-state index is 12.6. The summed E-state index contributed by atoms with van der Waals surface area (Å²) in [7, 11) is 0. The van der Waals surface area contributed by atoms with Crippen molar-refractivity contribution < 1.29 is 13.7 Å². The van der Waals surface area contributed by atoms with Crippen LogP contribution in [0.1, 0.15) is 46.9 Å². The van der Waals surface area contributed by atoms with Crippen molar-refractivity contribution in [1.29, 1.82) is 0 Å². The van der Waals surface area contributed by atoms with E-state index in [-0.39, 0.29) is 11.9 Å². The number of rotatable bonds is 7. The first-order chi connectivity index (χ1) is 11.8. The van der Waals surface area contributed by atoms with E-state index in [0.717, 1.165) is 18.4 Å². The van der Waals surface area contributed by atoms with E-state index in [2.05, 4.69) is 15.5 Å². The molecule has 3 rings (SSSR count). The second-order valence-corrected chi connectivity index (χ2v) is 5.51. The molecule has 1 unspecified atom stereocenters. The first-order valence-electron chi connectivity index (χ1n) is 7.95. The van der Waals surface area contributed by atoms with Gasteiger partial charge in [0.25, 0.3) is 5.91 Å². The van der Waals surface area contributed by atoms with Gasteiger partial charge in [-0.05, 0) is 18.1 Å². The summed E-state index contributed by atoms with van der Waals surface area (Å²) in [5.41, 5.74) is 1.63. The van der Waals surface area contributed by atoms with Gasteiger partial charge in [0.1, 0.15) is 5.76 Å². The standard InChI is InChI=1S/C18H19N3O3/c1-2-6-16-14(9-10-23-16)18(22)20-15(17-19-12-24-21-17)11-13-7-4-3-5-8-13/h3-5,7-10,12,15H,2,6,11H2,1H3,(H,20,22). The van der Waals surface area contributed by atoms with Crippen LogP contribution in [0.5, 0.6) is 0 Å². The summed E-state index contributed by atoms with van der Waals surface area (Å²) < 4.78 is 10.2. The zero-order valence-corrected chi connectivity index (χ0v) is 13.4. The third kappa shape index (κ3) is 3.71. The molecule has 0 radical (unpaired) electrons. The second kappa shape index (κ2) is 7.59. The molecule has 2 heterocycles. The predicted octanol–water partition coefficient (Wildman–Crippen LogP) is 3.33. The monoisotopic (exact) mass is 325 g/mol. The largest absolute Gasteiger partial charge is 0.469 e. The first kappa shape index (κ1) is 16.0. The third-order valence-corrected chi connectivity index (χ3v) is 3.75. The van der Waals surface area contributed by atoms with E-state index >= 15 is 0 Å². The van der Waals surface area contributed by atoms with Gasteiger partial charge in [0.2, 0.25) is 6.39 Å². The van der Waals surface area contributed by atoms with Crippen molar-refractivity contribution in [3.05, 3.63) is 71.8 Å². The number of furan rings is 1. The predicted molar refractivity (Wildman–Crippen MR) is 87.4 cm³/mol. The lowest BCUT2D eigenvalue weighted by atomic mass is 10.0. The number of amides is 1. The van der Waals surface area contributed by atoms with Crippen LogP contribution in [-0.4, -0.2) is 16.0 Å². The Morgan fingerprint density at radius 3 is 2.79 bits per heavy atom. The number of nitrogens with zero attached hydrogens (tertiary/aromatic N) is 2. The smallest absolute Gasteiger partial charge is 0.255 e. The Morgan fingerprint density at radius 1 is 1.25 bits per heavy atom. The van der Waals surface area contributed by atoms with Crippen molar-refractivity contribution >= 4 is 5.91 Å². The van der Waals surface area contributed by atoms with Gasteiger partial charge in [-0.15, -0.1) is 0 Å². The van der Waals surface area contributed by atoms with Gasteiger partial charge in [-0.2, -0.15) is 4.98 Å². The molecule has 3 aromatic rings. The van der Waals surface area contributed by atoms with Gasteiger partial charge < -0.3 is 14.3 Å². The molecule has 0 bridgehead atoms. The number of nitrogens with one attached hydrogen (secondary N) is 1. The highest BCUT2D eigenvalue weighted by atomic mass is 16.5. The van der Waals surface area contributed by atoms with E-state index in [0.29, 0.717) is 23.6 Å². The molecule has 6 heteroatoms. The summed E-state index contributed by atoms with van der Waals surface area (Å²) in [4.78, 5) is 16.7. The molecule has 1 aromatic carbocycles. The maximum Gasteiger partial charge on any atom is 0.255 e. The molecule has 0 aliphatic carbocycles. The molecule has 1 N–H and O–H groups in total. The summed E-state index contributed by atoms with van der Waals surface area (Å²) in [6.45, 7) is 2.04. The highest BCUT2D eigenvalue weighted by Crippen LogP contribution is 2.18. The van der Waals surface area contributed by atoms with E-state index in [9.17, 15) is 4.79 Å². The lowest BCUT2D eigenvalue weighted by Gasteiger charge is -2.15. The zero-order chi connectivity index (χ0) is 16.8. The van der Waals surface area contributed by atoms with Crippen LogP contribution in [0.25, 0.3) is 0 Å². The quantitative estimate of drug-likeness (QED) is 0.720. The molecule has 24 heavy (non-hydrogen) atoms. The van der Waals surface area contributed by atoms with E-state index in [4.69, 9.17) is 8.94 Å². The molecule has 2 aromatic heterocycles. The molecule has 0 aliphatic rings. The van der Waals surface area contributed by atoms with Gasteiger partial charge in [-0.1, -0.05) is 42.4 Å². The minimum absolute atomic E-state index is 0.196. The number of hydrogen-bond acceptors (Lipinski definition) is 5. The molecule has 0 fully saturated rings. The minimum atomic E-state index is -0.372. The molecule has 0 saturated heterocycles. The SMILES string of the molecule is CCCc1occc1C(=O)NC(Cc1ccccc1)c1ncon1. The van der Waals surface area contributed by atoms with E-state index in [1.54, 1.807) is 12.3 Å². The van der Waals surface area contributed by atoms with Gasteiger partial charge in [0.05, 0.1) is 17.9 Å². The number of aromatic nitrogens is 2. The van der Waals surface area contributed by atoms with Crippen molar-refractivity contribution in [2.24, 2.45) is 0 Å². The van der Waals surface area contributed by atoms with Gasteiger partial charge in [0.15, 0.2) is 5.82 Å². The first-order valence-corrected chi connectivity index (χ1v) is 7.95. The summed E-state index contributed by atoms with van der Waals surface area (Å²) in [6.07, 6.45) is 5.01. The number of benzene rings is 1. The molecule has 0 saturated carbocycles. The average Bonchev–Trinajstić information content (AvgIpc) is 3.27. The molecule has 124 valence electrons. The molecular formula is C18H19N3O3. The fraction of sp³-hybridized carbons (Fsp3) is 0.278. The van der Waals surface area contributed by atoms with Crippen LogP contribution in [0.3, 0.4) is 0 Å². The Labute approximate surface area is 139 Å². The van der Waals surface area contributed by atoms with Crippen molar-refractivity contribution in [3.8, 4) is 0 Å². The summed E-state index contributed by atoms with van der Waals surface area (Å²) in [5, 5.41) is 6.87. The van der Waals surface area contributed by atoms with Crippen LogP contribution in [0, 0.1) is 0 Å². The van der Waals surface area contributed by atoms with Crippen LogP contribution in [-0.2, 0) is 12.8 Å². The fourth-order valence-electron chi connectivity index (χ4n) is 2.59. The van der Waals surface area contributed by atoms with E-state index in [1.165, 1.54) is 6.39 Å². The Morgan fingerprint density at radius 2 is 2.08 bits per heavy atom. The molecule has 0 aliphatic heterocycles. The summed E-state index contributed by atoms with van der Waals surface area (Å²) >= 11 is 0. The van der Waals surface area contributed by atoms with Gasteiger partial charge in [-0.25, -0.2) is 0 Å². The molecule has 6 nitrogen and oxygen atoms in total. The maximum absolute atomic E-state index is 12.6. The summed E-state index contributed by atoms with van der Waals surface area (Å²) in [5.74, 6) is 0.951. The molecular weight excluding hydrogens is 306 g/mol. The lowest BCUT2D eigenvalue weighted by Crippen LogP contribution is -2.31. The number of aryl methyl sites for hydroxylation is 1. The fourth-order valence-corrected chi connectivity index (χ4v) is 2.59. The van der Waals surface area contributed by atoms with Crippen LogP contribution >= 0.6 is 0 Å². The average molecular weight is 325 g/mol. The normalized spacial score (nSPS) is 12.0.